The summed E-state index contributed by atoms with van der Waals surface area (Å²) in [6.45, 7) is 3.86. The Labute approximate surface area is 104 Å². The Morgan fingerprint density at radius 2 is 2.29 bits per heavy atom. The topological polar surface area (TPSA) is 21.3 Å². The van der Waals surface area contributed by atoms with Crippen molar-refractivity contribution in [3.8, 4) is 0 Å². The van der Waals surface area contributed by atoms with Gasteiger partial charge in [-0.2, -0.15) is 0 Å². The molecule has 92 valence electrons. The van der Waals surface area contributed by atoms with Crippen LogP contribution in [0.15, 0.2) is 29.8 Å². The fourth-order valence-electron chi connectivity index (χ4n) is 1.87. The van der Waals surface area contributed by atoms with E-state index in [9.17, 15) is 0 Å². The maximum Gasteiger partial charge on any atom is 0.0713 e. The summed E-state index contributed by atoms with van der Waals surface area (Å²) in [5, 5.41) is 3.52. The Bertz CT molecular complexity index is 394. The van der Waals surface area contributed by atoms with Crippen molar-refractivity contribution in [1.29, 1.82) is 0 Å². The molecule has 2 nitrogen and oxygen atoms in total. The lowest BCUT2D eigenvalue weighted by atomic mass is 10.1. The molecule has 0 saturated heterocycles. The van der Waals surface area contributed by atoms with Crippen molar-refractivity contribution in [2.75, 3.05) is 13.7 Å². The molecule has 0 bridgehead atoms. The molecular weight excluding hydrogens is 210 g/mol. The van der Waals surface area contributed by atoms with Crippen LogP contribution in [0, 0.1) is 0 Å². The van der Waals surface area contributed by atoms with E-state index in [-0.39, 0.29) is 0 Å². The van der Waals surface area contributed by atoms with Gasteiger partial charge in [0.1, 0.15) is 0 Å². The molecule has 0 aliphatic heterocycles. The van der Waals surface area contributed by atoms with Crippen LogP contribution in [-0.4, -0.2) is 19.7 Å². The third-order valence-electron chi connectivity index (χ3n) is 2.92. The molecule has 1 aromatic rings. The molecule has 1 aromatic carbocycles. The summed E-state index contributed by atoms with van der Waals surface area (Å²) in [6, 6.07) is 9.28. The first-order valence-electron chi connectivity index (χ1n) is 6.26. The van der Waals surface area contributed by atoms with Crippen LogP contribution in [0.25, 0.3) is 6.08 Å². The number of hydrogen-bond donors (Lipinski definition) is 1. The maximum atomic E-state index is 5.14. The van der Waals surface area contributed by atoms with Crippen molar-refractivity contribution in [3.05, 3.63) is 41.0 Å². The minimum absolute atomic E-state index is 0.682. The molecule has 1 saturated carbocycles. The summed E-state index contributed by atoms with van der Waals surface area (Å²) in [5.41, 5.74) is 3.87. The van der Waals surface area contributed by atoms with Crippen LogP contribution in [0.1, 0.15) is 30.9 Å². The molecule has 0 spiro atoms. The Morgan fingerprint density at radius 3 is 3.00 bits per heavy atom. The normalized spacial score (nSPS) is 16.2. The summed E-state index contributed by atoms with van der Waals surface area (Å²) in [7, 11) is 1.73. The zero-order valence-electron chi connectivity index (χ0n) is 10.7. The van der Waals surface area contributed by atoms with E-state index in [1.807, 2.05) is 0 Å². The third kappa shape index (κ3) is 4.33. The first kappa shape index (κ1) is 12.3. The number of rotatable bonds is 6. The lowest BCUT2D eigenvalue weighted by Gasteiger charge is -2.05. The monoisotopic (exact) mass is 231 g/mol. The molecule has 0 aromatic heterocycles. The molecule has 1 N–H and O–H groups in total. The van der Waals surface area contributed by atoms with Gasteiger partial charge in [0, 0.05) is 19.7 Å². The van der Waals surface area contributed by atoms with E-state index >= 15 is 0 Å². The Morgan fingerprint density at radius 1 is 1.47 bits per heavy atom. The molecule has 0 amide bonds. The zero-order valence-corrected chi connectivity index (χ0v) is 10.7. The zero-order chi connectivity index (χ0) is 12.1. The van der Waals surface area contributed by atoms with E-state index in [4.69, 9.17) is 4.74 Å². The molecule has 17 heavy (non-hydrogen) atoms. The highest BCUT2D eigenvalue weighted by atomic mass is 16.5. The fraction of sp³-hybridized carbons (Fsp3) is 0.467. The van der Waals surface area contributed by atoms with Crippen LogP contribution >= 0.6 is 0 Å². The molecule has 0 heterocycles. The second-order valence-electron chi connectivity index (χ2n) is 4.82. The quantitative estimate of drug-likeness (QED) is 0.812. The number of benzene rings is 1. The van der Waals surface area contributed by atoms with Gasteiger partial charge in [0.25, 0.3) is 0 Å². The van der Waals surface area contributed by atoms with Crippen LogP contribution in [0.5, 0.6) is 0 Å². The number of nitrogens with one attached hydrogen (secondary N) is 1. The molecule has 0 unspecified atom stereocenters. The predicted octanol–water partition coefficient (Wildman–Crippen LogP) is 2.99. The molecule has 0 atom stereocenters. The lowest BCUT2D eigenvalue weighted by Crippen LogP contribution is -2.18. The smallest absolute Gasteiger partial charge is 0.0713 e. The van der Waals surface area contributed by atoms with Gasteiger partial charge in [0.15, 0.2) is 0 Å². The number of ether oxygens (including phenoxy) is 1. The first-order valence-corrected chi connectivity index (χ1v) is 6.26. The summed E-state index contributed by atoms with van der Waals surface area (Å²) >= 11 is 0. The minimum atomic E-state index is 0.682. The Kier molecular flexibility index (Phi) is 4.35. The second-order valence-corrected chi connectivity index (χ2v) is 4.82. The average molecular weight is 231 g/mol. The third-order valence-corrected chi connectivity index (χ3v) is 2.92. The van der Waals surface area contributed by atoms with Gasteiger partial charge in [-0.1, -0.05) is 29.8 Å². The Balaban J connectivity index is 1.94. The Hall–Kier alpha value is -1.12. The lowest BCUT2D eigenvalue weighted by molar-refractivity contribution is 0.185. The summed E-state index contributed by atoms with van der Waals surface area (Å²) in [6.07, 6.45) is 4.93. The van der Waals surface area contributed by atoms with Crippen LogP contribution in [0.2, 0.25) is 0 Å². The highest BCUT2D eigenvalue weighted by Crippen LogP contribution is 2.19. The molecule has 2 rings (SSSR count). The van der Waals surface area contributed by atoms with E-state index in [1.165, 1.54) is 29.5 Å². The van der Waals surface area contributed by atoms with E-state index in [2.05, 4.69) is 42.6 Å². The van der Waals surface area contributed by atoms with E-state index in [0.29, 0.717) is 6.61 Å². The van der Waals surface area contributed by atoms with Gasteiger partial charge < -0.3 is 10.1 Å². The van der Waals surface area contributed by atoms with Crippen LogP contribution < -0.4 is 5.32 Å². The van der Waals surface area contributed by atoms with E-state index in [1.54, 1.807) is 7.11 Å². The van der Waals surface area contributed by atoms with Gasteiger partial charge in [-0.15, -0.1) is 0 Å². The molecule has 1 aliphatic carbocycles. The van der Waals surface area contributed by atoms with Crippen molar-refractivity contribution >= 4 is 6.08 Å². The molecule has 1 fully saturated rings. The van der Waals surface area contributed by atoms with Crippen LogP contribution in [-0.2, 0) is 11.3 Å². The molecule has 2 heteroatoms. The van der Waals surface area contributed by atoms with Gasteiger partial charge in [-0.3, -0.25) is 0 Å². The standard InChI is InChI=1S/C15H21NO/c1-12(10-16-15-6-7-15)8-13-4-3-5-14(9-13)11-17-2/h3-5,8-9,15-16H,6-7,10-11H2,1-2H3. The van der Waals surface area contributed by atoms with Gasteiger partial charge >= 0.3 is 0 Å². The van der Waals surface area contributed by atoms with Crippen molar-refractivity contribution in [1.82, 2.24) is 5.32 Å². The molecule has 0 radical (unpaired) electrons. The SMILES string of the molecule is COCc1cccc(C=C(C)CNC2CC2)c1. The second kappa shape index (κ2) is 5.99. The first-order chi connectivity index (χ1) is 8.28. The van der Waals surface area contributed by atoms with Crippen molar-refractivity contribution < 1.29 is 4.74 Å². The van der Waals surface area contributed by atoms with Crippen LogP contribution in [0.3, 0.4) is 0 Å². The largest absolute Gasteiger partial charge is 0.380 e. The fourth-order valence-corrected chi connectivity index (χ4v) is 1.87. The predicted molar refractivity (Wildman–Crippen MR) is 71.8 cm³/mol. The van der Waals surface area contributed by atoms with E-state index < -0.39 is 0 Å². The van der Waals surface area contributed by atoms with E-state index in [0.717, 1.165) is 12.6 Å². The van der Waals surface area contributed by atoms with Crippen molar-refractivity contribution in [2.45, 2.75) is 32.4 Å². The minimum Gasteiger partial charge on any atom is -0.380 e. The average Bonchev–Trinajstić information content (AvgIpc) is 3.11. The number of methoxy groups -OCH3 is 1. The molecular formula is C15H21NO. The van der Waals surface area contributed by atoms with Gasteiger partial charge in [0.2, 0.25) is 0 Å². The van der Waals surface area contributed by atoms with Crippen molar-refractivity contribution in [2.24, 2.45) is 0 Å². The van der Waals surface area contributed by atoms with Gasteiger partial charge in [-0.25, -0.2) is 0 Å². The summed E-state index contributed by atoms with van der Waals surface area (Å²) in [5.74, 6) is 0. The van der Waals surface area contributed by atoms with Crippen molar-refractivity contribution in [3.63, 3.8) is 0 Å². The summed E-state index contributed by atoms with van der Waals surface area (Å²) < 4.78 is 5.14. The van der Waals surface area contributed by atoms with Crippen LogP contribution in [0.4, 0.5) is 0 Å². The van der Waals surface area contributed by atoms with Gasteiger partial charge in [-0.05, 0) is 37.0 Å². The molecule has 1 aliphatic rings. The number of hydrogen-bond acceptors (Lipinski definition) is 2. The highest BCUT2D eigenvalue weighted by Gasteiger charge is 2.19. The highest BCUT2D eigenvalue weighted by molar-refractivity contribution is 5.53. The van der Waals surface area contributed by atoms with Gasteiger partial charge in [0.05, 0.1) is 6.61 Å². The maximum absolute atomic E-state index is 5.14. The summed E-state index contributed by atoms with van der Waals surface area (Å²) in [4.78, 5) is 0.